The minimum absolute atomic E-state index is 0.0406. The maximum atomic E-state index is 12.9. The van der Waals surface area contributed by atoms with Crippen molar-refractivity contribution in [2.24, 2.45) is 7.05 Å². The Bertz CT molecular complexity index is 1060. The first-order valence-corrected chi connectivity index (χ1v) is 10.5. The highest BCUT2D eigenvalue weighted by atomic mass is 16.5. The summed E-state index contributed by atoms with van der Waals surface area (Å²) in [5.74, 6) is 1.37. The lowest BCUT2D eigenvalue weighted by Gasteiger charge is -2.22. The zero-order valence-corrected chi connectivity index (χ0v) is 18.8. The summed E-state index contributed by atoms with van der Waals surface area (Å²) < 4.78 is 7.21. The number of aryl methyl sites for hydroxylation is 1. The van der Waals surface area contributed by atoms with E-state index in [9.17, 15) is 9.59 Å². The number of carbonyl (C=O) groups excluding carboxylic acids is 2. The molecule has 0 fully saturated rings. The summed E-state index contributed by atoms with van der Waals surface area (Å²) in [6.07, 6.45) is 3.96. The van der Waals surface area contributed by atoms with Crippen LogP contribution in [0.1, 0.15) is 49.3 Å². The van der Waals surface area contributed by atoms with Crippen LogP contribution in [0.15, 0.2) is 60.9 Å². The number of aromatic nitrogens is 2. The van der Waals surface area contributed by atoms with Crippen LogP contribution in [0.3, 0.4) is 0 Å². The van der Waals surface area contributed by atoms with Crippen LogP contribution < -0.4 is 20.7 Å². The molecule has 0 spiro atoms. The van der Waals surface area contributed by atoms with Gasteiger partial charge in [-0.1, -0.05) is 31.2 Å². The Labute approximate surface area is 188 Å². The zero-order chi connectivity index (χ0) is 23.1. The summed E-state index contributed by atoms with van der Waals surface area (Å²) in [6.45, 7) is 3.71. The Morgan fingerprint density at radius 3 is 2.47 bits per heavy atom. The summed E-state index contributed by atoms with van der Waals surface area (Å²) in [5, 5.41) is 8.81. The largest absolute Gasteiger partial charge is 0.497 e. The molecule has 1 aromatic heterocycles. The van der Waals surface area contributed by atoms with E-state index in [0.717, 1.165) is 16.8 Å². The number of nitrogens with zero attached hydrogens (tertiary/aromatic N) is 2. The Morgan fingerprint density at radius 2 is 1.84 bits per heavy atom. The fraction of sp³-hybridized carbons (Fsp3) is 0.292. The van der Waals surface area contributed by atoms with Crippen molar-refractivity contribution in [1.82, 2.24) is 20.2 Å². The van der Waals surface area contributed by atoms with Gasteiger partial charge in [0, 0.05) is 31.5 Å². The van der Waals surface area contributed by atoms with Crippen molar-refractivity contribution in [3.8, 4) is 5.75 Å². The third-order valence-corrected chi connectivity index (χ3v) is 5.18. The molecule has 0 bridgehead atoms. The number of anilines is 1. The lowest BCUT2D eigenvalue weighted by atomic mass is 10.1. The lowest BCUT2D eigenvalue weighted by molar-refractivity contribution is -0.115. The van der Waals surface area contributed by atoms with E-state index in [4.69, 9.17) is 4.74 Å². The minimum atomic E-state index is -0.455. The SMILES string of the molecule is CCC(=O)Nc1ccc(C(C)NC(=O)NC(c2cccc(OC)c2)c2nccn2C)cc1. The molecule has 0 saturated carbocycles. The van der Waals surface area contributed by atoms with E-state index in [0.29, 0.717) is 18.0 Å². The van der Waals surface area contributed by atoms with Gasteiger partial charge in [0.2, 0.25) is 5.91 Å². The van der Waals surface area contributed by atoms with Crippen molar-refractivity contribution in [2.75, 3.05) is 12.4 Å². The average molecular weight is 436 g/mol. The molecule has 2 aromatic carbocycles. The molecule has 0 radical (unpaired) electrons. The number of nitrogens with one attached hydrogen (secondary N) is 3. The number of carbonyl (C=O) groups is 2. The summed E-state index contributed by atoms with van der Waals surface area (Å²) >= 11 is 0. The van der Waals surface area contributed by atoms with E-state index in [-0.39, 0.29) is 18.0 Å². The third kappa shape index (κ3) is 5.66. The van der Waals surface area contributed by atoms with Gasteiger partial charge < -0.3 is 25.3 Å². The predicted molar refractivity (Wildman–Crippen MR) is 123 cm³/mol. The number of hydrogen-bond acceptors (Lipinski definition) is 4. The maximum Gasteiger partial charge on any atom is 0.316 e. The van der Waals surface area contributed by atoms with Gasteiger partial charge in [0.05, 0.1) is 13.2 Å². The summed E-state index contributed by atoms with van der Waals surface area (Å²) in [7, 11) is 3.49. The van der Waals surface area contributed by atoms with Gasteiger partial charge >= 0.3 is 6.03 Å². The third-order valence-electron chi connectivity index (χ3n) is 5.18. The van der Waals surface area contributed by atoms with E-state index in [2.05, 4.69) is 20.9 Å². The van der Waals surface area contributed by atoms with Crippen LogP contribution >= 0.6 is 0 Å². The maximum absolute atomic E-state index is 12.9. The first-order chi connectivity index (χ1) is 15.4. The van der Waals surface area contributed by atoms with Crippen molar-refractivity contribution in [3.63, 3.8) is 0 Å². The number of benzene rings is 2. The molecule has 3 amide bonds. The molecule has 0 aliphatic carbocycles. The highest BCUT2D eigenvalue weighted by Gasteiger charge is 2.22. The highest BCUT2D eigenvalue weighted by Crippen LogP contribution is 2.24. The highest BCUT2D eigenvalue weighted by molar-refractivity contribution is 5.90. The fourth-order valence-electron chi connectivity index (χ4n) is 3.33. The second kappa shape index (κ2) is 10.5. The van der Waals surface area contributed by atoms with Crippen LogP contribution in [0, 0.1) is 0 Å². The van der Waals surface area contributed by atoms with E-state index in [1.165, 1.54) is 0 Å². The molecule has 3 rings (SSSR count). The Kier molecular flexibility index (Phi) is 7.49. The standard InChI is InChI=1S/C24H29N5O3/c1-5-21(30)27-19-11-9-17(10-12-19)16(2)26-24(31)28-22(23-25-13-14-29(23)3)18-7-6-8-20(15-18)32-4/h6-16,22H,5H2,1-4H3,(H,27,30)(H2,26,28,31). The number of amides is 3. The second-order valence-electron chi connectivity index (χ2n) is 7.47. The van der Waals surface area contributed by atoms with Gasteiger partial charge in [-0.15, -0.1) is 0 Å². The molecular formula is C24H29N5O3. The molecule has 2 atom stereocenters. The van der Waals surface area contributed by atoms with Gasteiger partial charge in [0.1, 0.15) is 17.6 Å². The molecular weight excluding hydrogens is 406 g/mol. The van der Waals surface area contributed by atoms with Gasteiger partial charge in [-0.2, -0.15) is 0 Å². The molecule has 32 heavy (non-hydrogen) atoms. The molecule has 8 nitrogen and oxygen atoms in total. The van der Waals surface area contributed by atoms with Crippen LogP contribution in [0.4, 0.5) is 10.5 Å². The van der Waals surface area contributed by atoms with E-state index < -0.39 is 6.04 Å². The summed E-state index contributed by atoms with van der Waals surface area (Å²) in [5.41, 5.74) is 2.51. The number of rotatable bonds is 8. The topological polar surface area (TPSA) is 97.3 Å². The van der Waals surface area contributed by atoms with Gasteiger partial charge in [0.15, 0.2) is 0 Å². The normalized spacial score (nSPS) is 12.5. The van der Waals surface area contributed by atoms with Gasteiger partial charge in [-0.3, -0.25) is 4.79 Å². The number of ether oxygens (including phenoxy) is 1. The number of hydrogen-bond donors (Lipinski definition) is 3. The van der Waals surface area contributed by atoms with Crippen LogP contribution in [0.2, 0.25) is 0 Å². The van der Waals surface area contributed by atoms with Crippen LogP contribution in [0.5, 0.6) is 5.75 Å². The minimum Gasteiger partial charge on any atom is -0.497 e. The average Bonchev–Trinajstić information content (AvgIpc) is 3.23. The molecule has 168 valence electrons. The van der Waals surface area contributed by atoms with E-state index >= 15 is 0 Å². The van der Waals surface area contributed by atoms with Crippen molar-refractivity contribution < 1.29 is 14.3 Å². The zero-order valence-electron chi connectivity index (χ0n) is 18.8. The van der Waals surface area contributed by atoms with Crippen molar-refractivity contribution >= 4 is 17.6 Å². The molecule has 3 aromatic rings. The Hall–Kier alpha value is -3.81. The van der Waals surface area contributed by atoms with Crippen LogP contribution in [-0.4, -0.2) is 28.6 Å². The smallest absolute Gasteiger partial charge is 0.316 e. The number of imidazole rings is 1. The molecule has 3 N–H and O–H groups in total. The van der Waals surface area contributed by atoms with Gasteiger partial charge in [-0.25, -0.2) is 9.78 Å². The van der Waals surface area contributed by atoms with Gasteiger partial charge in [-0.05, 0) is 42.3 Å². The molecule has 0 aliphatic heterocycles. The summed E-state index contributed by atoms with van der Waals surface area (Å²) in [4.78, 5) is 28.8. The first kappa shape index (κ1) is 22.9. The fourth-order valence-corrected chi connectivity index (χ4v) is 3.33. The monoisotopic (exact) mass is 435 g/mol. The molecule has 2 unspecified atom stereocenters. The lowest BCUT2D eigenvalue weighted by Crippen LogP contribution is -2.40. The number of urea groups is 1. The summed E-state index contributed by atoms with van der Waals surface area (Å²) in [6, 6.07) is 13.9. The molecule has 0 saturated heterocycles. The van der Waals surface area contributed by atoms with E-state index in [1.807, 2.05) is 73.3 Å². The van der Waals surface area contributed by atoms with Gasteiger partial charge in [0.25, 0.3) is 0 Å². The second-order valence-corrected chi connectivity index (χ2v) is 7.47. The molecule has 8 heteroatoms. The molecule has 0 aliphatic rings. The van der Waals surface area contributed by atoms with Crippen molar-refractivity contribution in [2.45, 2.75) is 32.4 Å². The van der Waals surface area contributed by atoms with Crippen molar-refractivity contribution in [1.29, 1.82) is 0 Å². The Morgan fingerprint density at radius 1 is 1.09 bits per heavy atom. The number of methoxy groups -OCH3 is 1. The first-order valence-electron chi connectivity index (χ1n) is 10.5. The molecule has 1 heterocycles. The quantitative estimate of drug-likeness (QED) is 0.499. The van der Waals surface area contributed by atoms with E-state index in [1.54, 1.807) is 20.2 Å². The Balaban J connectivity index is 1.72. The van der Waals surface area contributed by atoms with Crippen molar-refractivity contribution in [3.05, 3.63) is 77.9 Å². The van der Waals surface area contributed by atoms with Crippen LogP contribution in [0.25, 0.3) is 0 Å². The predicted octanol–water partition coefficient (Wildman–Crippen LogP) is 3.93. The van der Waals surface area contributed by atoms with Crippen LogP contribution in [-0.2, 0) is 11.8 Å².